The van der Waals surface area contributed by atoms with Crippen molar-refractivity contribution in [1.82, 2.24) is 0 Å². The van der Waals surface area contributed by atoms with Gasteiger partial charge in [0.1, 0.15) is 0 Å². The second kappa shape index (κ2) is 27.0. The summed E-state index contributed by atoms with van der Waals surface area (Å²) < 4.78 is 30.0. The van der Waals surface area contributed by atoms with Crippen LogP contribution in [0.15, 0.2) is 48.5 Å². The summed E-state index contributed by atoms with van der Waals surface area (Å²) in [4.78, 5) is 22.9. The van der Waals surface area contributed by atoms with Crippen LogP contribution in [0, 0.1) is 38.4 Å². The van der Waals surface area contributed by atoms with Gasteiger partial charge in [-0.3, -0.25) is 12.6 Å². The van der Waals surface area contributed by atoms with Gasteiger partial charge in [-0.05, 0) is 34.1 Å². The normalized spacial score (nSPS) is 20.9. The predicted octanol–water partition coefficient (Wildman–Crippen LogP) is 6.48. The van der Waals surface area contributed by atoms with E-state index in [9.17, 15) is 9.59 Å². The summed E-state index contributed by atoms with van der Waals surface area (Å²) in [5.74, 6) is -0.947. The Kier molecular flexibility index (Phi) is 28.5. The maximum atomic E-state index is 11.4. The van der Waals surface area contributed by atoms with Crippen LogP contribution in [0.5, 0.6) is 0 Å². The zero-order valence-corrected chi connectivity index (χ0v) is 24.4. The van der Waals surface area contributed by atoms with Crippen molar-refractivity contribution in [3.05, 3.63) is 97.4 Å². The second-order valence-electron chi connectivity index (χ2n) is 9.04. The van der Waals surface area contributed by atoms with Gasteiger partial charge in [-0.1, -0.05) is 113 Å². The molecule has 40 heavy (non-hydrogen) atoms. The van der Waals surface area contributed by atoms with E-state index in [4.69, 9.17) is 18.6 Å². The molecule has 0 spiro atoms. The predicted molar refractivity (Wildman–Crippen MR) is 137 cm³/mol. The van der Waals surface area contributed by atoms with E-state index in [1.54, 1.807) is 0 Å². The molecule has 0 saturated heterocycles. The first-order chi connectivity index (χ1) is 18.9. The molecular formula is C32H32Fe2O6+2. The molecule has 0 aliphatic heterocycles. The molecule has 7 rings (SSSR count). The Balaban J connectivity index is -0.000000570. The van der Waals surface area contributed by atoms with Gasteiger partial charge in [0, 0.05) is 0 Å². The van der Waals surface area contributed by atoms with Crippen molar-refractivity contribution in [1.29, 1.82) is 0 Å². The minimum Gasteiger partial charge on any atom is 2.00 e. The summed E-state index contributed by atoms with van der Waals surface area (Å²) >= 11 is 0. The fourth-order valence-corrected chi connectivity index (χ4v) is 5.73. The fraction of sp³-hybridized carbons (Fsp3) is 0.438. The van der Waals surface area contributed by atoms with E-state index in [1.165, 1.54) is 64.2 Å². The SMILES string of the molecule is C1CCCC1.C1CCCC1.O=[C-][C@@H]1C2c3ccccc3C(c3ccccc32)[C@H]1[C-]=O.[C-]#[O+].[C-]#[O+].[C-]#[O+].[C-]#[O+].[Fe+2].[Fe+2]. The van der Waals surface area contributed by atoms with Gasteiger partial charge in [-0.15, -0.1) is 11.8 Å². The Morgan fingerprint density at radius 2 is 0.625 bits per heavy atom. The van der Waals surface area contributed by atoms with Crippen LogP contribution in [-0.4, -0.2) is 12.6 Å². The Bertz CT molecular complexity index is 881. The van der Waals surface area contributed by atoms with E-state index in [0.29, 0.717) is 0 Å². The molecule has 0 N–H and O–H groups in total. The van der Waals surface area contributed by atoms with Crippen molar-refractivity contribution in [2.75, 3.05) is 0 Å². The molecule has 0 aromatic heterocycles. The molecule has 0 heterocycles. The summed E-state index contributed by atoms with van der Waals surface area (Å²) in [6, 6.07) is 16.2. The van der Waals surface area contributed by atoms with Gasteiger partial charge < -0.3 is 9.59 Å². The van der Waals surface area contributed by atoms with Gasteiger partial charge in [0.2, 0.25) is 0 Å². The largest absolute Gasteiger partial charge is 2.00 e. The van der Waals surface area contributed by atoms with Crippen LogP contribution in [0.3, 0.4) is 0 Å². The van der Waals surface area contributed by atoms with Crippen molar-refractivity contribution < 1.29 is 62.3 Å². The quantitative estimate of drug-likeness (QED) is 0.217. The standard InChI is InChI=1S/C18H12O2.2C5H10.4CO.2Fe/c19-9-15-16(10-20)18-12-6-2-1-5-11(12)17(15)13-7-3-4-8-14(13)18;2*1-2-4-5-3-1;4*1-2;;/h1-8,15-18H;2*1-5H2;;;;;;/q-2;;;;;;;2*+2/t15-,16-,17?,18?;;;;;;;;/m0......../s1. The molecular weight excluding hydrogens is 592 g/mol. The van der Waals surface area contributed by atoms with Crippen LogP contribution >= 0.6 is 0 Å². The maximum absolute atomic E-state index is 11.4. The van der Waals surface area contributed by atoms with Gasteiger partial charge in [0.25, 0.3) is 0 Å². The maximum Gasteiger partial charge on any atom is 2.00 e. The summed E-state index contributed by atoms with van der Waals surface area (Å²) in [5, 5.41) is 0. The number of benzene rings is 2. The molecule has 0 unspecified atom stereocenters. The van der Waals surface area contributed by atoms with Crippen molar-refractivity contribution in [2.24, 2.45) is 11.8 Å². The molecule has 2 fully saturated rings. The minimum atomic E-state index is -0.415. The van der Waals surface area contributed by atoms with Gasteiger partial charge in [0.05, 0.1) is 0 Å². The van der Waals surface area contributed by atoms with Gasteiger partial charge in [-0.25, -0.2) is 0 Å². The van der Waals surface area contributed by atoms with E-state index < -0.39 is 11.8 Å². The van der Waals surface area contributed by atoms with Crippen LogP contribution in [0.4, 0.5) is 0 Å². The first-order valence-corrected chi connectivity index (χ1v) is 12.6. The number of carbonyl (C=O) groups excluding carboxylic acids is 2. The van der Waals surface area contributed by atoms with Crippen LogP contribution in [0.25, 0.3) is 0 Å². The summed E-state index contributed by atoms with van der Waals surface area (Å²) in [5.41, 5.74) is 4.65. The summed E-state index contributed by atoms with van der Waals surface area (Å²) in [7, 11) is 0. The number of fused-ring (bicyclic) bond motifs is 1. The third-order valence-electron chi connectivity index (χ3n) is 7.21. The van der Waals surface area contributed by atoms with Gasteiger partial charge in [-0.2, -0.15) is 0 Å². The van der Waals surface area contributed by atoms with Gasteiger partial charge in [0.15, 0.2) is 0 Å². The molecule has 2 aromatic rings. The average Bonchev–Trinajstić information content (AvgIpc) is 3.81. The number of rotatable bonds is 2. The Morgan fingerprint density at radius 3 is 0.775 bits per heavy atom. The minimum absolute atomic E-state index is 0. The smallest absolute Gasteiger partial charge is 2.00 e. The third kappa shape index (κ3) is 11.3. The summed E-state index contributed by atoms with van der Waals surface area (Å²) in [6.45, 7) is 18.0. The molecule has 2 saturated carbocycles. The molecule has 2 atom stereocenters. The Hall–Kier alpha value is -2.22. The van der Waals surface area contributed by atoms with E-state index in [1.807, 2.05) is 24.3 Å². The number of hydrogen-bond donors (Lipinski definition) is 0. The molecule has 8 heteroatoms. The van der Waals surface area contributed by atoms with E-state index in [2.05, 4.69) is 63.4 Å². The monoisotopic (exact) mass is 624 g/mol. The summed E-state index contributed by atoms with van der Waals surface area (Å²) in [6.07, 6.45) is 19.2. The van der Waals surface area contributed by atoms with Crippen molar-refractivity contribution in [3.63, 3.8) is 0 Å². The van der Waals surface area contributed by atoms with Crippen LogP contribution in [0.2, 0.25) is 0 Å². The average molecular weight is 624 g/mol. The molecule has 5 aliphatic rings. The van der Waals surface area contributed by atoms with Crippen molar-refractivity contribution in [3.8, 4) is 0 Å². The Labute approximate surface area is 259 Å². The molecule has 2 bridgehead atoms. The zero-order valence-electron chi connectivity index (χ0n) is 22.2. The first kappa shape index (κ1) is 42.2. The Morgan fingerprint density at radius 1 is 0.450 bits per heavy atom. The first-order valence-electron chi connectivity index (χ1n) is 12.6. The fourth-order valence-electron chi connectivity index (χ4n) is 5.73. The number of hydrogen-bond acceptors (Lipinski definition) is 2. The third-order valence-corrected chi connectivity index (χ3v) is 7.21. The molecule has 210 valence electrons. The zero-order chi connectivity index (χ0) is 28.8. The molecule has 5 aliphatic carbocycles. The molecule has 2 aromatic carbocycles. The van der Waals surface area contributed by atoms with E-state index in [0.717, 1.165) is 22.3 Å². The van der Waals surface area contributed by atoms with E-state index >= 15 is 0 Å². The van der Waals surface area contributed by atoms with Gasteiger partial charge >= 0.3 is 79.3 Å². The van der Waals surface area contributed by atoms with Crippen molar-refractivity contribution >= 4 is 12.6 Å². The molecule has 0 radical (unpaired) electrons. The molecule has 0 amide bonds. The topological polar surface area (TPSA) is 114 Å². The van der Waals surface area contributed by atoms with Crippen molar-refractivity contribution in [2.45, 2.75) is 76.0 Å². The van der Waals surface area contributed by atoms with E-state index in [-0.39, 0.29) is 46.0 Å². The van der Waals surface area contributed by atoms with Crippen LogP contribution < -0.4 is 0 Å². The second-order valence-corrected chi connectivity index (χ2v) is 9.04. The van der Waals surface area contributed by atoms with Crippen LogP contribution in [0.1, 0.15) is 98.3 Å². The van der Waals surface area contributed by atoms with Crippen LogP contribution in [-0.2, 0) is 62.3 Å². The molecule has 6 nitrogen and oxygen atoms in total.